The van der Waals surface area contributed by atoms with Gasteiger partial charge in [-0.05, 0) is 18.6 Å². The molecule has 11 heteroatoms. The van der Waals surface area contributed by atoms with Crippen LogP contribution in [-0.4, -0.2) is 86.5 Å². The molecule has 0 saturated carbocycles. The Morgan fingerprint density at radius 1 is 1.25 bits per heavy atom. The van der Waals surface area contributed by atoms with Crippen LogP contribution in [0.15, 0.2) is 12.1 Å². The van der Waals surface area contributed by atoms with Crippen LogP contribution in [0.3, 0.4) is 0 Å². The van der Waals surface area contributed by atoms with Crippen LogP contribution in [0.5, 0.6) is 5.75 Å². The van der Waals surface area contributed by atoms with Gasteiger partial charge in [0.25, 0.3) is 0 Å². The number of rotatable bonds is 9. The molecule has 3 atom stereocenters. The van der Waals surface area contributed by atoms with Crippen molar-refractivity contribution in [3.63, 3.8) is 0 Å². The van der Waals surface area contributed by atoms with E-state index in [-0.39, 0.29) is 38.1 Å². The number of esters is 1. The number of carboxylic acid groups (broad SMARTS) is 1. The van der Waals surface area contributed by atoms with Gasteiger partial charge in [0, 0.05) is 38.2 Å². The van der Waals surface area contributed by atoms with Crippen LogP contribution in [-0.2, 0) is 19.1 Å². The second-order valence-electron chi connectivity index (χ2n) is 7.65. The predicted molar refractivity (Wildman–Crippen MR) is 119 cm³/mol. The van der Waals surface area contributed by atoms with Gasteiger partial charge in [-0.2, -0.15) is 0 Å². The maximum absolute atomic E-state index is 12.6. The van der Waals surface area contributed by atoms with Crippen molar-refractivity contribution in [1.82, 2.24) is 9.80 Å². The van der Waals surface area contributed by atoms with E-state index in [1.54, 1.807) is 19.1 Å². The molecule has 0 aromatic heterocycles. The topological polar surface area (TPSA) is 106 Å². The van der Waals surface area contributed by atoms with Crippen molar-refractivity contribution in [2.24, 2.45) is 5.92 Å². The third-order valence-electron chi connectivity index (χ3n) is 5.53. The Labute approximate surface area is 197 Å². The van der Waals surface area contributed by atoms with Crippen LogP contribution in [0.25, 0.3) is 0 Å². The van der Waals surface area contributed by atoms with Crippen LogP contribution in [0.1, 0.15) is 24.8 Å². The molecule has 1 aromatic rings. The van der Waals surface area contributed by atoms with Crippen LogP contribution in [0.2, 0.25) is 10.0 Å². The highest BCUT2D eigenvalue weighted by molar-refractivity contribution is 6.42. The van der Waals surface area contributed by atoms with Gasteiger partial charge in [0.1, 0.15) is 12.4 Å². The Morgan fingerprint density at radius 3 is 2.50 bits per heavy atom. The molecule has 2 amide bonds. The Kier molecular flexibility index (Phi) is 9.42. The molecule has 1 saturated heterocycles. The van der Waals surface area contributed by atoms with Crippen molar-refractivity contribution < 1.29 is 33.7 Å². The van der Waals surface area contributed by atoms with Gasteiger partial charge < -0.3 is 29.1 Å². The molecule has 1 fully saturated rings. The first-order chi connectivity index (χ1) is 15.1. The minimum absolute atomic E-state index is 0.0741. The first kappa shape index (κ1) is 26.0. The summed E-state index contributed by atoms with van der Waals surface area (Å²) in [5.74, 6) is -1.17. The second-order valence-corrected chi connectivity index (χ2v) is 8.44. The van der Waals surface area contributed by atoms with Crippen molar-refractivity contribution in [2.45, 2.75) is 25.3 Å². The summed E-state index contributed by atoms with van der Waals surface area (Å²) in [5.41, 5.74) is 0.633. The Balaban J connectivity index is 2.31. The van der Waals surface area contributed by atoms with E-state index < -0.39 is 24.0 Å². The van der Waals surface area contributed by atoms with Crippen molar-refractivity contribution in [3.05, 3.63) is 27.7 Å². The van der Waals surface area contributed by atoms with Gasteiger partial charge in [-0.15, -0.1) is 0 Å². The molecule has 0 bridgehead atoms. The number of nitrogens with zero attached hydrogens (tertiary/aromatic N) is 2. The van der Waals surface area contributed by atoms with Crippen molar-refractivity contribution in [2.75, 3.05) is 47.6 Å². The molecule has 1 N–H and O–H groups in total. The third kappa shape index (κ3) is 5.96. The summed E-state index contributed by atoms with van der Waals surface area (Å²) in [6, 6.07) is 2.78. The Morgan fingerprint density at radius 2 is 1.94 bits per heavy atom. The summed E-state index contributed by atoms with van der Waals surface area (Å²) < 4.78 is 15.1. The van der Waals surface area contributed by atoms with E-state index in [9.17, 15) is 19.5 Å². The molecule has 0 aliphatic carbocycles. The van der Waals surface area contributed by atoms with E-state index >= 15 is 0 Å². The molecule has 2 rings (SSSR count). The zero-order valence-corrected chi connectivity index (χ0v) is 20.0. The maximum atomic E-state index is 12.6. The minimum atomic E-state index is -1.12. The van der Waals surface area contributed by atoms with Crippen LogP contribution < -0.4 is 4.74 Å². The lowest BCUT2D eigenvalue weighted by molar-refractivity contribution is -0.147. The molecular weight excluding hydrogens is 463 g/mol. The van der Waals surface area contributed by atoms with Crippen LogP contribution >= 0.6 is 23.2 Å². The summed E-state index contributed by atoms with van der Waals surface area (Å²) in [4.78, 5) is 39.2. The lowest BCUT2D eigenvalue weighted by atomic mass is 9.95. The average molecular weight is 491 g/mol. The third-order valence-corrected chi connectivity index (χ3v) is 6.35. The van der Waals surface area contributed by atoms with Gasteiger partial charge in [-0.3, -0.25) is 9.59 Å². The van der Waals surface area contributed by atoms with E-state index in [1.807, 2.05) is 0 Å². The summed E-state index contributed by atoms with van der Waals surface area (Å²) in [7, 11) is 4.17. The summed E-state index contributed by atoms with van der Waals surface area (Å²) >= 11 is 12.6. The molecule has 1 unspecified atom stereocenters. The molecule has 9 nitrogen and oxygen atoms in total. The molecule has 1 aliphatic heterocycles. The fraction of sp³-hybridized carbons (Fsp3) is 0.571. The van der Waals surface area contributed by atoms with Crippen LogP contribution in [0, 0.1) is 5.92 Å². The summed E-state index contributed by atoms with van der Waals surface area (Å²) in [6.07, 6.45) is -0.721. The van der Waals surface area contributed by atoms with Crippen molar-refractivity contribution in [3.8, 4) is 5.75 Å². The van der Waals surface area contributed by atoms with Gasteiger partial charge in [0.15, 0.2) is 0 Å². The Hall–Kier alpha value is -2.23. The smallest absolute Gasteiger partial charge is 0.407 e. The quantitative estimate of drug-likeness (QED) is 0.529. The highest BCUT2D eigenvalue weighted by Crippen LogP contribution is 2.43. The molecule has 1 heterocycles. The fourth-order valence-electron chi connectivity index (χ4n) is 3.99. The van der Waals surface area contributed by atoms with Gasteiger partial charge in [0.05, 0.1) is 36.2 Å². The number of benzene rings is 1. The first-order valence-corrected chi connectivity index (χ1v) is 10.8. The molecule has 178 valence electrons. The molecule has 1 aromatic carbocycles. The SMILES string of the molecule is COCC(=O)N(CC(C)C(=O)OC)C[C@@H]1C[C@H](c2c(OC)ccc(Cl)c2Cl)CN1C(=O)O. The average Bonchev–Trinajstić information content (AvgIpc) is 3.18. The minimum Gasteiger partial charge on any atom is -0.496 e. The standard InChI is InChI=1S/C21H28Cl2N2O7/c1-12(20(27)32-4)8-24(17(26)11-30-2)10-14-7-13(9-25(14)21(28)29)18-16(31-3)6-5-15(22)19(18)23/h5-6,12-14H,7-11H2,1-4H3,(H,28,29)/t12?,13-,14-/m0/s1. The maximum Gasteiger partial charge on any atom is 0.407 e. The lowest BCUT2D eigenvalue weighted by Crippen LogP contribution is -2.47. The van der Waals surface area contributed by atoms with Gasteiger partial charge >= 0.3 is 12.1 Å². The van der Waals surface area contributed by atoms with Gasteiger partial charge in [-0.1, -0.05) is 30.1 Å². The van der Waals surface area contributed by atoms with E-state index in [2.05, 4.69) is 0 Å². The number of halogens is 2. The zero-order chi connectivity index (χ0) is 24.0. The first-order valence-electron chi connectivity index (χ1n) is 10.00. The van der Waals surface area contributed by atoms with Crippen molar-refractivity contribution in [1.29, 1.82) is 0 Å². The van der Waals surface area contributed by atoms with Gasteiger partial charge in [-0.25, -0.2) is 4.79 Å². The number of ether oxygens (including phenoxy) is 3. The normalized spacial score (nSPS) is 18.9. The molecule has 32 heavy (non-hydrogen) atoms. The number of hydrogen-bond donors (Lipinski definition) is 1. The molecule has 0 radical (unpaired) electrons. The predicted octanol–water partition coefficient (Wildman–Crippen LogP) is 3.12. The molecule has 1 aliphatic rings. The number of carbonyl (C=O) groups is 3. The summed E-state index contributed by atoms with van der Waals surface area (Å²) in [6.45, 7) is 1.78. The van der Waals surface area contributed by atoms with Crippen molar-refractivity contribution >= 4 is 41.2 Å². The van der Waals surface area contributed by atoms with E-state index in [0.29, 0.717) is 27.8 Å². The monoisotopic (exact) mass is 490 g/mol. The highest BCUT2D eigenvalue weighted by atomic mass is 35.5. The van der Waals surface area contributed by atoms with E-state index in [0.717, 1.165) is 0 Å². The van der Waals surface area contributed by atoms with Gasteiger partial charge in [0.2, 0.25) is 5.91 Å². The number of likely N-dealkylation sites (tertiary alicyclic amines) is 1. The highest BCUT2D eigenvalue weighted by Gasteiger charge is 2.40. The largest absolute Gasteiger partial charge is 0.496 e. The molecule has 0 spiro atoms. The number of carbonyl (C=O) groups excluding carboxylic acids is 2. The second kappa shape index (κ2) is 11.6. The van der Waals surface area contributed by atoms with E-state index in [4.69, 9.17) is 37.4 Å². The summed E-state index contributed by atoms with van der Waals surface area (Å²) in [5, 5.41) is 10.5. The Bertz CT molecular complexity index is 852. The number of hydrogen-bond acceptors (Lipinski definition) is 6. The number of amides is 2. The fourth-order valence-corrected chi connectivity index (χ4v) is 4.47. The zero-order valence-electron chi connectivity index (χ0n) is 18.5. The number of methoxy groups -OCH3 is 3. The molecular formula is C21H28Cl2N2O7. The van der Waals surface area contributed by atoms with Crippen LogP contribution in [0.4, 0.5) is 4.79 Å². The lowest BCUT2D eigenvalue weighted by Gasteiger charge is -2.30. The van der Waals surface area contributed by atoms with E-state index in [1.165, 1.54) is 31.1 Å².